The van der Waals surface area contributed by atoms with E-state index >= 15 is 0 Å². The number of aromatic carboxylic acids is 1. The second-order valence-electron chi connectivity index (χ2n) is 5.77. The number of thioether (sulfide) groups is 1. The van der Waals surface area contributed by atoms with Crippen molar-refractivity contribution in [2.75, 3.05) is 5.75 Å². The number of carbonyl (C=O) groups is 1. The number of rotatable bonds is 5. The number of nitrogens with zero attached hydrogens (tertiary/aromatic N) is 2. The predicted octanol–water partition coefficient (Wildman–Crippen LogP) is 5.72. The Morgan fingerprint density at radius 2 is 1.81 bits per heavy atom. The van der Waals surface area contributed by atoms with Crippen LogP contribution in [0.25, 0.3) is 27.1 Å². The number of hydrogen-bond acceptors (Lipinski definition) is 2. The number of carboxylic acids is 1. The molecule has 130 valence electrons. The Kier molecular flexibility index (Phi) is 5.15. The minimum absolute atomic E-state index is 0.130. The van der Waals surface area contributed by atoms with Crippen LogP contribution in [0.4, 0.5) is 5.69 Å². The average Bonchev–Trinajstić information content (AvgIpc) is 2.99. The van der Waals surface area contributed by atoms with Gasteiger partial charge in [0, 0.05) is 23.7 Å². The van der Waals surface area contributed by atoms with Crippen molar-refractivity contribution in [3.63, 3.8) is 0 Å². The standard InChI is InChI=1S/C21H18N2O2S/c1-4-26-18-8-6-5-7-16(18)14-9-11-15(12-10-14)19-17(22-2)13-23(3)20(19)21(24)25/h5-13H,4H2,1,3H3,(H,24,25). The highest BCUT2D eigenvalue weighted by Gasteiger charge is 2.21. The molecule has 2 aromatic carbocycles. The Hall–Kier alpha value is -2.97. The average molecular weight is 362 g/mol. The first kappa shape index (κ1) is 17.8. The summed E-state index contributed by atoms with van der Waals surface area (Å²) in [5, 5.41) is 9.52. The molecule has 0 atom stereocenters. The van der Waals surface area contributed by atoms with Gasteiger partial charge in [0.15, 0.2) is 0 Å². The van der Waals surface area contributed by atoms with Crippen molar-refractivity contribution < 1.29 is 9.90 Å². The summed E-state index contributed by atoms with van der Waals surface area (Å²) in [7, 11) is 1.65. The van der Waals surface area contributed by atoms with Crippen LogP contribution in [-0.4, -0.2) is 21.4 Å². The molecule has 3 aromatic rings. The van der Waals surface area contributed by atoms with E-state index in [9.17, 15) is 9.90 Å². The van der Waals surface area contributed by atoms with Gasteiger partial charge >= 0.3 is 5.97 Å². The van der Waals surface area contributed by atoms with E-state index in [0.29, 0.717) is 11.3 Å². The summed E-state index contributed by atoms with van der Waals surface area (Å²) in [6, 6.07) is 16.0. The van der Waals surface area contributed by atoms with Crippen LogP contribution in [0.15, 0.2) is 59.6 Å². The van der Waals surface area contributed by atoms with Crippen molar-refractivity contribution in [3.05, 3.63) is 71.8 Å². The van der Waals surface area contributed by atoms with Gasteiger partial charge in [0.25, 0.3) is 0 Å². The van der Waals surface area contributed by atoms with Crippen molar-refractivity contribution in [2.24, 2.45) is 7.05 Å². The van der Waals surface area contributed by atoms with Gasteiger partial charge in [-0.2, -0.15) is 0 Å². The van der Waals surface area contributed by atoms with Crippen LogP contribution >= 0.6 is 11.8 Å². The van der Waals surface area contributed by atoms with E-state index in [0.717, 1.165) is 22.4 Å². The fraction of sp³-hybridized carbons (Fsp3) is 0.143. The molecule has 26 heavy (non-hydrogen) atoms. The Balaban J connectivity index is 2.08. The molecular formula is C21H18N2O2S. The van der Waals surface area contributed by atoms with E-state index in [-0.39, 0.29) is 5.69 Å². The summed E-state index contributed by atoms with van der Waals surface area (Å²) in [5.74, 6) is -0.0405. The fourth-order valence-corrected chi connectivity index (χ4v) is 3.87. The molecule has 3 rings (SSSR count). The molecule has 5 heteroatoms. The second-order valence-corrected chi connectivity index (χ2v) is 7.08. The normalized spacial score (nSPS) is 10.5. The smallest absolute Gasteiger partial charge is 0.351 e. The Bertz CT molecular complexity index is 998. The predicted molar refractivity (Wildman–Crippen MR) is 106 cm³/mol. The molecular weight excluding hydrogens is 344 g/mol. The molecule has 0 amide bonds. The van der Waals surface area contributed by atoms with Crippen molar-refractivity contribution in [3.8, 4) is 22.3 Å². The number of benzene rings is 2. The van der Waals surface area contributed by atoms with Crippen LogP contribution in [0.1, 0.15) is 17.4 Å². The zero-order chi connectivity index (χ0) is 18.7. The molecule has 0 saturated carbocycles. The number of aromatic nitrogens is 1. The van der Waals surface area contributed by atoms with Gasteiger partial charge in [-0.3, -0.25) is 0 Å². The van der Waals surface area contributed by atoms with Gasteiger partial charge in [0.2, 0.25) is 5.69 Å². The van der Waals surface area contributed by atoms with Crippen LogP contribution in [0.2, 0.25) is 0 Å². The van der Waals surface area contributed by atoms with Gasteiger partial charge in [-0.15, -0.1) is 11.8 Å². The second kappa shape index (κ2) is 7.51. The summed E-state index contributed by atoms with van der Waals surface area (Å²) in [6.07, 6.45) is 1.56. The first-order chi connectivity index (χ1) is 12.6. The maximum atomic E-state index is 11.6. The van der Waals surface area contributed by atoms with Gasteiger partial charge in [-0.05, 0) is 28.5 Å². The number of hydrogen-bond donors (Lipinski definition) is 1. The number of carboxylic acid groups (broad SMARTS) is 1. The van der Waals surface area contributed by atoms with Crippen molar-refractivity contribution in [1.82, 2.24) is 4.57 Å². The Morgan fingerprint density at radius 1 is 1.15 bits per heavy atom. The summed E-state index contributed by atoms with van der Waals surface area (Å²) >= 11 is 1.79. The SMILES string of the molecule is [C-]#[N+]c1cn(C)c(C(=O)O)c1-c1ccc(-c2ccccc2SCC)cc1. The monoisotopic (exact) mass is 362 g/mol. The van der Waals surface area contributed by atoms with E-state index in [4.69, 9.17) is 6.57 Å². The summed E-state index contributed by atoms with van der Waals surface area (Å²) in [5.41, 5.74) is 3.91. The summed E-state index contributed by atoms with van der Waals surface area (Å²) < 4.78 is 1.49. The highest BCUT2D eigenvalue weighted by atomic mass is 32.2. The third-order valence-electron chi connectivity index (χ3n) is 4.16. The molecule has 0 fully saturated rings. The maximum Gasteiger partial charge on any atom is 0.351 e. The lowest BCUT2D eigenvalue weighted by Gasteiger charge is -2.10. The molecule has 1 N–H and O–H groups in total. The molecule has 0 radical (unpaired) electrons. The molecule has 0 aliphatic rings. The molecule has 0 spiro atoms. The van der Waals surface area contributed by atoms with Crippen LogP contribution in [-0.2, 0) is 7.05 Å². The molecule has 0 aliphatic carbocycles. The number of aryl methyl sites for hydroxylation is 1. The van der Waals surface area contributed by atoms with Gasteiger partial charge in [0.1, 0.15) is 5.69 Å². The lowest BCUT2D eigenvalue weighted by molar-refractivity contribution is 0.0687. The summed E-state index contributed by atoms with van der Waals surface area (Å²) in [6.45, 7) is 9.48. The van der Waals surface area contributed by atoms with E-state index in [2.05, 4.69) is 23.9 Å². The van der Waals surface area contributed by atoms with E-state index in [1.165, 1.54) is 9.46 Å². The third-order valence-corrected chi connectivity index (χ3v) is 5.11. The highest BCUT2D eigenvalue weighted by Crippen LogP contribution is 2.37. The molecule has 0 bridgehead atoms. The third kappa shape index (κ3) is 3.24. The molecule has 1 aromatic heterocycles. The lowest BCUT2D eigenvalue weighted by Crippen LogP contribution is -2.05. The van der Waals surface area contributed by atoms with Crippen LogP contribution < -0.4 is 0 Å². The molecule has 0 unspecified atom stereocenters. The quantitative estimate of drug-likeness (QED) is 0.466. The van der Waals surface area contributed by atoms with E-state index < -0.39 is 5.97 Å². The lowest BCUT2D eigenvalue weighted by atomic mass is 9.99. The summed E-state index contributed by atoms with van der Waals surface area (Å²) in [4.78, 5) is 16.3. The zero-order valence-electron chi connectivity index (χ0n) is 14.6. The minimum atomic E-state index is -1.04. The van der Waals surface area contributed by atoms with E-state index in [1.54, 1.807) is 25.0 Å². The van der Waals surface area contributed by atoms with Crippen LogP contribution in [0.5, 0.6) is 0 Å². The van der Waals surface area contributed by atoms with Gasteiger partial charge in [-0.25, -0.2) is 9.64 Å². The minimum Gasteiger partial charge on any atom is -0.477 e. The molecule has 0 aliphatic heterocycles. The fourth-order valence-electron chi connectivity index (χ4n) is 3.04. The largest absolute Gasteiger partial charge is 0.477 e. The molecule has 1 heterocycles. The van der Waals surface area contributed by atoms with Gasteiger partial charge < -0.3 is 9.67 Å². The zero-order valence-corrected chi connectivity index (χ0v) is 15.4. The highest BCUT2D eigenvalue weighted by molar-refractivity contribution is 7.99. The Morgan fingerprint density at radius 3 is 2.42 bits per heavy atom. The van der Waals surface area contributed by atoms with Gasteiger partial charge in [-0.1, -0.05) is 49.4 Å². The van der Waals surface area contributed by atoms with Crippen LogP contribution in [0.3, 0.4) is 0 Å². The van der Waals surface area contributed by atoms with Crippen molar-refractivity contribution in [1.29, 1.82) is 0 Å². The molecule has 0 saturated heterocycles. The van der Waals surface area contributed by atoms with Crippen molar-refractivity contribution >= 4 is 23.4 Å². The maximum absolute atomic E-state index is 11.6. The molecule has 4 nitrogen and oxygen atoms in total. The van der Waals surface area contributed by atoms with E-state index in [1.807, 2.05) is 36.4 Å². The topological polar surface area (TPSA) is 46.6 Å². The van der Waals surface area contributed by atoms with Gasteiger partial charge in [0.05, 0.1) is 6.57 Å². The Labute approximate surface area is 156 Å². The first-order valence-electron chi connectivity index (χ1n) is 8.19. The first-order valence-corrected chi connectivity index (χ1v) is 9.18. The van der Waals surface area contributed by atoms with Crippen LogP contribution in [0, 0.1) is 6.57 Å². The van der Waals surface area contributed by atoms with Crippen molar-refractivity contribution in [2.45, 2.75) is 11.8 Å².